The third-order valence-corrected chi connectivity index (χ3v) is 15.3. The smallest absolute Gasteiger partial charge is 0.126 e. The highest BCUT2D eigenvalue weighted by molar-refractivity contribution is 5.63. The molecule has 14 heteroatoms. The number of unbranched alkanes of at least 4 members (excludes halogenated alkanes) is 4. The van der Waals surface area contributed by atoms with Crippen molar-refractivity contribution in [2.75, 3.05) is 134 Å². The molecule has 1 aliphatic carbocycles. The van der Waals surface area contributed by atoms with Crippen LogP contribution in [0.2, 0.25) is 0 Å². The van der Waals surface area contributed by atoms with Gasteiger partial charge in [-0.05, 0) is 49.9 Å². The molecule has 0 saturated carbocycles. The lowest BCUT2D eigenvalue weighted by Crippen LogP contribution is -2.18. The maximum Gasteiger partial charge on any atom is 0.126 e. The van der Waals surface area contributed by atoms with E-state index in [1.165, 1.54) is 0 Å². The minimum Gasteiger partial charge on any atom is -0.496 e. The van der Waals surface area contributed by atoms with E-state index in [4.69, 9.17) is 66.3 Å². The van der Waals surface area contributed by atoms with E-state index >= 15 is 0 Å². The number of benzene rings is 4. The Morgan fingerprint density at radius 2 is 0.474 bits per heavy atom. The van der Waals surface area contributed by atoms with Crippen molar-refractivity contribution in [1.29, 1.82) is 0 Å². The van der Waals surface area contributed by atoms with Crippen LogP contribution in [0.25, 0.3) is 0 Å². The zero-order valence-electron chi connectivity index (χ0n) is 48.4. The van der Waals surface area contributed by atoms with Gasteiger partial charge < -0.3 is 66.3 Å². The van der Waals surface area contributed by atoms with Crippen LogP contribution in [0, 0.1) is 0 Å². The second-order valence-electron chi connectivity index (χ2n) is 20.4. The van der Waals surface area contributed by atoms with Crippen molar-refractivity contribution in [3.8, 4) is 46.0 Å². The van der Waals surface area contributed by atoms with Crippen LogP contribution in [-0.4, -0.2) is 134 Å². The van der Waals surface area contributed by atoms with Gasteiger partial charge in [0.2, 0.25) is 0 Å². The summed E-state index contributed by atoms with van der Waals surface area (Å²) < 4.78 is 90.0. The molecule has 0 fully saturated rings. The van der Waals surface area contributed by atoms with Gasteiger partial charge in [-0.25, -0.2) is 0 Å². The van der Waals surface area contributed by atoms with Crippen LogP contribution >= 0.6 is 0 Å². The van der Waals surface area contributed by atoms with Gasteiger partial charge in [0.05, 0.1) is 108 Å². The average molecular weight is 1090 g/mol. The standard InChI is InChI=1S/C64H92O14/c1-9-13-17-45-49-37-55-48(20-16-12-4)52-40-54-46(18-14-10-2)50-38-56(64(42-58(50)66-6)78-36-32-74-28-24-70-22-26-72-30-34-76-62(54)44-60(52)68-8)47(19-15-11-3)51-39-53(45)61(43-59(51)67-7)75-33-29-71-25-21-69-23-27-73-31-35-77-63(55)41-57(49)65-5/h37-48H,9-36H2,1-8H3/t45-,46-,47-,48-/m1/s1. The van der Waals surface area contributed by atoms with Crippen LogP contribution in [0.15, 0.2) is 48.5 Å². The highest BCUT2D eigenvalue weighted by Crippen LogP contribution is 2.53. The van der Waals surface area contributed by atoms with E-state index in [2.05, 4.69) is 76.2 Å². The molecule has 0 spiro atoms. The van der Waals surface area contributed by atoms with Crippen molar-refractivity contribution in [3.63, 3.8) is 0 Å². The maximum atomic E-state index is 6.93. The molecular weight excluding hydrogens is 993 g/mol. The van der Waals surface area contributed by atoms with Gasteiger partial charge in [0.1, 0.15) is 72.4 Å². The number of fused-ring (bicyclic) bond motifs is 15. The largest absolute Gasteiger partial charge is 0.496 e. The monoisotopic (exact) mass is 1080 g/mol. The summed E-state index contributed by atoms with van der Waals surface area (Å²) in [6.07, 6.45) is 11.1. The van der Waals surface area contributed by atoms with E-state index < -0.39 is 0 Å². The van der Waals surface area contributed by atoms with Crippen LogP contribution in [0.1, 0.15) is 173 Å². The summed E-state index contributed by atoms with van der Waals surface area (Å²) in [6.45, 7) is 15.4. The molecule has 0 radical (unpaired) electrons. The molecular formula is C64H92O14. The quantitative estimate of drug-likeness (QED) is 0.0987. The van der Waals surface area contributed by atoms with E-state index in [1.807, 2.05) is 0 Å². The summed E-state index contributed by atoms with van der Waals surface area (Å²) in [6, 6.07) is 17.9. The van der Waals surface area contributed by atoms with Crippen molar-refractivity contribution in [1.82, 2.24) is 0 Å². The summed E-state index contributed by atoms with van der Waals surface area (Å²) >= 11 is 0. The fourth-order valence-corrected chi connectivity index (χ4v) is 11.2. The summed E-state index contributed by atoms with van der Waals surface area (Å²) in [5, 5.41) is 0. The van der Waals surface area contributed by atoms with E-state index in [0.717, 1.165) is 168 Å². The first-order valence-corrected chi connectivity index (χ1v) is 29.3. The Kier molecular flexibility index (Phi) is 25.6. The zero-order valence-corrected chi connectivity index (χ0v) is 48.4. The predicted octanol–water partition coefficient (Wildman–Crippen LogP) is 13.0. The van der Waals surface area contributed by atoms with Crippen LogP contribution in [0.5, 0.6) is 46.0 Å². The predicted molar refractivity (Wildman–Crippen MR) is 304 cm³/mol. The number of ether oxygens (including phenoxy) is 14. The van der Waals surface area contributed by atoms with Gasteiger partial charge >= 0.3 is 0 Å². The van der Waals surface area contributed by atoms with Gasteiger partial charge in [-0.2, -0.15) is 0 Å². The Balaban J connectivity index is 1.65. The van der Waals surface area contributed by atoms with E-state index in [0.29, 0.717) is 106 Å². The number of methoxy groups -OCH3 is 4. The van der Waals surface area contributed by atoms with Crippen LogP contribution < -0.4 is 37.9 Å². The molecule has 432 valence electrons. The average Bonchev–Trinajstić information content (AvgIpc) is 3.48. The third kappa shape index (κ3) is 16.1. The Bertz CT molecular complexity index is 2220. The minimum absolute atomic E-state index is 0.175. The minimum atomic E-state index is -0.179. The SMILES string of the molecule is CCCC[C@@H]1c2cc3c(cc2OC)OCCOCCOCCOCCOc2cc(OC)c(cc21)[C@@H](CCCC)c1cc2c(OC)cc1OCCOCCOCCOCCOc1cc(OC)c(cc1[C@@H]2CCCC)[C@H]3CCCC. The van der Waals surface area contributed by atoms with Gasteiger partial charge in [-0.3, -0.25) is 0 Å². The van der Waals surface area contributed by atoms with Crippen molar-refractivity contribution in [2.24, 2.45) is 0 Å². The van der Waals surface area contributed by atoms with Crippen molar-refractivity contribution in [2.45, 2.75) is 128 Å². The van der Waals surface area contributed by atoms with Gasteiger partial charge in [0.15, 0.2) is 0 Å². The van der Waals surface area contributed by atoms with E-state index in [1.54, 1.807) is 28.4 Å². The third-order valence-electron chi connectivity index (χ3n) is 15.3. The fraction of sp³-hybridized carbons (Fsp3) is 0.625. The summed E-state index contributed by atoms with van der Waals surface area (Å²) in [5.41, 5.74) is 8.41. The van der Waals surface area contributed by atoms with Crippen molar-refractivity contribution < 1.29 is 66.3 Å². The van der Waals surface area contributed by atoms with Crippen molar-refractivity contribution >= 4 is 0 Å². The molecule has 4 aromatic rings. The van der Waals surface area contributed by atoms with Gasteiger partial charge in [0.25, 0.3) is 0 Å². The first kappa shape index (κ1) is 60.7. The van der Waals surface area contributed by atoms with E-state index in [-0.39, 0.29) is 23.7 Å². The first-order chi connectivity index (χ1) is 38.4. The summed E-state index contributed by atoms with van der Waals surface area (Å²) in [7, 11) is 7.05. The molecule has 3 heterocycles. The van der Waals surface area contributed by atoms with Crippen molar-refractivity contribution in [3.05, 3.63) is 93.0 Å². The molecule has 4 aromatic carbocycles. The van der Waals surface area contributed by atoms with Crippen LogP contribution in [0.4, 0.5) is 0 Å². The van der Waals surface area contributed by atoms with E-state index in [9.17, 15) is 0 Å². The molecule has 3 aliphatic heterocycles. The van der Waals surface area contributed by atoms with Crippen LogP contribution in [0.3, 0.4) is 0 Å². The second-order valence-corrected chi connectivity index (χ2v) is 20.4. The molecule has 0 N–H and O–H groups in total. The Hall–Kier alpha value is -4.96. The number of rotatable bonds is 16. The molecule has 0 saturated heterocycles. The molecule has 8 rings (SSSR count). The molecule has 4 atom stereocenters. The van der Waals surface area contributed by atoms with Gasteiger partial charge in [0, 0.05) is 92.4 Å². The molecule has 0 unspecified atom stereocenters. The molecule has 0 aromatic heterocycles. The maximum absolute atomic E-state index is 6.93. The Labute approximate surface area is 466 Å². The second kappa shape index (κ2) is 33.0. The summed E-state index contributed by atoms with van der Waals surface area (Å²) in [5.74, 6) is 5.21. The number of hydrogen-bond donors (Lipinski definition) is 0. The van der Waals surface area contributed by atoms with Gasteiger partial charge in [-0.1, -0.05) is 79.1 Å². The zero-order chi connectivity index (χ0) is 54.9. The molecule has 14 nitrogen and oxygen atoms in total. The molecule has 0 amide bonds. The normalized spacial score (nSPS) is 20.2. The Morgan fingerprint density at radius 1 is 0.282 bits per heavy atom. The fourth-order valence-electron chi connectivity index (χ4n) is 11.2. The summed E-state index contributed by atoms with van der Waals surface area (Å²) in [4.78, 5) is 0. The first-order valence-electron chi connectivity index (χ1n) is 29.3. The topological polar surface area (TPSA) is 129 Å². The van der Waals surface area contributed by atoms with Gasteiger partial charge in [-0.15, -0.1) is 0 Å². The highest BCUT2D eigenvalue weighted by atomic mass is 16.6. The molecule has 4 aliphatic rings. The molecule has 78 heavy (non-hydrogen) atoms. The highest BCUT2D eigenvalue weighted by Gasteiger charge is 2.35. The number of hydrogen-bond acceptors (Lipinski definition) is 14. The lowest BCUT2D eigenvalue weighted by molar-refractivity contribution is 0.00483. The van der Waals surface area contributed by atoms with Crippen LogP contribution in [-0.2, 0) is 28.4 Å². The molecule has 10 bridgehead atoms. The Morgan fingerprint density at radius 3 is 0.654 bits per heavy atom. The lowest BCUT2D eigenvalue weighted by atomic mass is 9.76. The lowest BCUT2D eigenvalue weighted by Gasteiger charge is -2.32.